The molecule has 3 unspecified atom stereocenters. The van der Waals surface area contributed by atoms with E-state index in [1.807, 2.05) is 36.9 Å². The number of hydrogen-bond acceptors (Lipinski definition) is 1. The van der Waals surface area contributed by atoms with Gasteiger partial charge in [-0.15, -0.1) is 0 Å². The lowest BCUT2D eigenvalue weighted by molar-refractivity contribution is 0.458. The Morgan fingerprint density at radius 3 is 2.58 bits per heavy atom. The summed E-state index contributed by atoms with van der Waals surface area (Å²) < 4.78 is 2.12. The molecule has 2 nitrogen and oxygen atoms in total. The van der Waals surface area contributed by atoms with Crippen molar-refractivity contribution < 1.29 is 0 Å². The first-order valence-corrected chi connectivity index (χ1v) is 10.5. The molecule has 0 radical (unpaired) electrons. The smallest absolute Gasteiger partial charge is 0.0954 e. The first-order chi connectivity index (χ1) is 12.7. The first kappa shape index (κ1) is 17.8. The molecule has 1 aliphatic carbocycles. The summed E-state index contributed by atoms with van der Waals surface area (Å²) >= 11 is 10.3. The van der Waals surface area contributed by atoms with Crippen molar-refractivity contribution in [2.75, 3.05) is 0 Å². The molecule has 0 amide bonds. The maximum Gasteiger partial charge on any atom is 0.0954 e. The van der Waals surface area contributed by atoms with E-state index in [1.165, 1.54) is 36.8 Å². The average Bonchev–Trinajstić information content (AvgIpc) is 3.18. The van der Waals surface area contributed by atoms with Gasteiger partial charge in [0.05, 0.1) is 12.4 Å². The van der Waals surface area contributed by atoms with Crippen molar-refractivity contribution in [3.8, 4) is 0 Å². The fourth-order valence-corrected chi connectivity index (χ4v) is 5.03. The molecule has 1 saturated carbocycles. The highest BCUT2D eigenvalue weighted by Gasteiger charge is 2.23. The highest BCUT2D eigenvalue weighted by Crippen LogP contribution is 2.37. The highest BCUT2D eigenvalue weighted by atomic mass is 79.9. The molecule has 3 aromatic rings. The zero-order valence-electron chi connectivity index (χ0n) is 14.6. The molecule has 2 aromatic carbocycles. The van der Waals surface area contributed by atoms with Gasteiger partial charge in [-0.1, -0.05) is 76.4 Å². The zero-order valence-corrected chi connectivity index (χ0v) is 16.9. The lowest BCUT2D eigenvalue weighted by atomic mass is 9.83. The van der Waals surface area contributed by atoms with Crippen molar-refractivity contribution in [2.45, 2.75) is 42.5 Å². The number of alkyl halides is 1. The largest absolute Gasteiger partial charge is 0.326 e. The minimum Gasteiger partial charge on any atom is -0.326 e. The Kier molecular flexibility index (Phi) is 5.46. The fourth-order valence-electron chi connectivity index (χ4n) is 4.01. The van der Waals surface area contributed by atoms with Gasteiger partial charge in [-0.3, -0.25) is 0 Å². The number of imidazole rings is 1. The van der Waals surface area contributed by atoms with Crippen LogP contribution in [0.15, 0.2) is 67.3 Å². The van der Waals surface area contributed by atoms with E-state index in [2.05, 4.69) is 55.8 Å². The van der Waals surface area contributed by atoms with Gasteiger partial charge in [-0.25, -0.2) is 4.98 Å². The zero-order chi connectivity index (χ0) is 17.9. The SMILES string of the molecule is Clc1ccccc1C(c1ccc(C2CCCC(Br)C2)cc1)n1ccnc1. The standard InChI is InChI=1S/C22H22BrClN2/c23-19-5-3-4-18(14-19)16-8-10-17(11-9-16)22(26-13-12-25-15-26)20-6-1-2-7-21(20)24/h1-2,6-13,15,18-19,22H,3-5,14H2. The van der Waals surface area contributed by atoms with Crippen LogP contribution in [-0.4, -0.2) is 14.4 Å². The number of hydrogen-bond donors (Lipinski definition) is 0. The van der Waals surface area contributed by atoms with Crippen molar-refractivity contribution in [1.29, 1.82) is 0 Å². The van der Waals surface area contributed by atoms with Crippen molar-refractivity contribution in [3.63, 3.8) is 0 Å². The molecule has 1 fully saturated rings. The van der Waals surface area contributed by atoms with Gasteiger partial charge >= 0.3 is 0 Å². The predicted molar refractivity (Wildman–Crippen MR) is 111 cm³/mol. The summed E-state index contributed by atoms with van der Waals surface area (Å²) in [5.74, 6) is 0.661. The first-order valence-electron chi connectivity index (χ1n) is 9.18. The molecular weight excluding hydrogens is 408 g/mol. The third-order valence-electron chi connectivity index (χ3n) is 5.36. The van der Waals surface area contributed by atoms with Crippen LogP contribution >= 0.6 is 27.5 Å². The minimum atomic E-state index is 0.0375. The molecule has 3 atom stereocenters. The molecule has 1 heterocycles. The van der Waals surface area contributed by atoms with Gasteiger partial charge in [-0.2, -0.15) is 0 Å². The van der Waals surface area contributed by atoms with Gasteiger partial charge in [0.2, 0.25) is 0 Å². The summed E-state index contributed by atoms with van der Waals surface area (Å²) in [4.78, 5) is 4.89. The van der Waals surface area contributed by atoms with Crippen LogP contribution in [0, 0.1) is 0 Å². The summed E-state index contributed by atoms with van der Waals surface area (Å²) in [5, 5.41) is 0.782. The topological polar surface area (TPSA) is 17.8 Å². The van der Waals surface area contributed by atoms with Crippen LogP contribution in [0.2, 0.25) is 5.02 Å². The number of rotatable bonds is 4. The Bertz CT molecular complexity index is 845. The van der Waals surface area contributed by atoms with Gasteiger partial charge in [0, 0.05) is 22.2 Å². The van der Waals surface area contributed by atoms with E-state index in [-0.39, 0.29) is 6.04 Å². The van der Waals surface area contributed by atoms with E-state index in [0.717, 1.165) is 10.6 Å². The molecule has 0 aliphatic heterocycles. The van der Waals surface area contributed by atoms with E-state index >= 15 is 0 Å². The molecule has 0 N–H and O–H groups in total. The molecular formula is C22H22BrClN2. The van der Waals surface area contributed by atoms with Crippen LogP contribution in [0.25, 0.3) is 0 Å². The Hall–Kier alpha value is -1.58. The van der Waals surface area contributed by atoms with E-state index in [1.54, 1.807) is 0 Å². The molecule has 0 saturated heterocycles. The third-order valence-corrected chi connectivity index (χ3v) is 6.53. The van der Waals surface area contributed by atoms with Gasteiger partial charge in [0.15, 0.2) is 0 Å². The van der Waals surface area contributed by atoms with Crippen LogP contribution in [0.3, 0.4) is 0 Å². The van der Waals surface area contributed by atoms with Gasteiger partial charge in [0.1, 0.15) is 0 Å². The second kappa shape index (κ2) is 7.98. The lowest BCUT2D eigenvalue weighted by Gasteiger charge is -2.27. The quantitative estimate of drug-likeness (QED) is 0.427. The second-order valence-electron chi connectivity index (χ2n) is 7.06. The summed E-state index contributed by atoms with van der Waals surface area (Å²) in [5.41, 5.74) is 3.77. The minimum absolute atomic E-state index is 0.0375. The molecule has 0 bridgehead atoms. The number of aromatic nitrogens is 2. The molecule has 4 heteroatoms. The Morgan fingerprint density at radius 2 is 1.88 bits per heavy atom. The maximum absolute atomic E-state index is 6.52. The monoisotopic (exact) mass is 428 g/mol. The molecule has 26 heavy (non-hydrogen) atoms. The van der Waals surface area contributed by atoms with Gasteiger partial charge < -0.3 is 4.57 Å². The summed E-state index contributed by atoms with van der Waals surface area (Å²) in [6.07, 6.45) is 10.8. The fraction of sp³-hybridized carbons (Fsp3) is 0.318. The third kappa shape index (κ3) is 3.74. The Labute approximate surface area is 168 Å². The summed E-state index contributed by atoms with van der Waals surface area (Å²) in [6.45, 7) is 0. The summed E-state index contributed by atoms with van der Waals surface area (Å²) in [7, 11) is 0. The van der Waals surface area contributed by atoms with Gasteiger partial charge in [-0.05, 0) is 47.9 Å². The van der Waals surface area contributed by atoms with E-state index in [9.17, 15) is 0 Å². The number of benzene rings is 2. The number of halogens is 2. The predicted octanol–water partition coefficient (Wildman–Crippen LogP) is 6.60. The van der Waals surface area contributed by atoms with E-state index in [4.69, 9.17) is 11.6 Å². The van der Waals surface area contributed by atoms with Crippen LogP contribution in [0.5, 0.6) is 0 Å². The normalized spacial score (nSPS) is 21.5. The average molecular weight is 430 g/mol. The van der Waals surface area contributed by atoms with E-state index < -0.39 is 0 Å². The van der Waals surface area contributed by atoms with Gasteiger partial charge in [0.25, 0.3) is 0 Å². The Balaban J connectivity index is 1.67. The highest BCUT2D eigenvalue weighted by molar-refractivity contribution is 9.09. The molecule has 1 aliphatic rings. The maximum atomic E-state index is 6.52. The lowest BCUT2D eigenvalue weighted by Crippen LogP contribution is -2.14. The van der Waals surface area contributed by atoms with Crippen molar-refractivity contribution in [1.82, 2.24) is 9.55 Å². The summed E-state index contributed by atoms with van der Waals surface area (Å²) in [6, 6.07) is 17.2. The molecule has 4 rings (SSSR count). The molecule has 134 valence electrons. The number of nitrogens with zero attached hydrogens (tertiary/aromatic N) is 2. The van der Waals surface area contributed by atoms with E-state index in [0.29, 0.717) is 10.7 Å². The Morgan fingerprint density at radius 1 is 1.08 bits per heavy atom. The van der Waals surface area contributed by atoms with Crippen molar-refractivity contribution in [2.24, 2.45) is 0 Å². The molecule has 1 aromatic heterocycles. The second-order valence-corrected chi connectivity index (χ2v) is 8.76. The van der Waals surface area contributed by atoms with Crippen molar-refractivity contribution >= 4 is 27.5 Å². The van der Waals surface area contributed by atoms with Crippen LogP contribution < -0.4 is 0 Å². The van der Waals surface area contributed by atoms with Crippen molar-refractivity contribution in [3.05, 3.63) is 89.0 Å². The van der Waals surface area contributed by atoms with Crippen LogP contribution in [-0.2, 0) is 0 Å². The molecule has 0 spiro atoms. The van der Waals surface area contributed by atoms with Crippen LogP contribution in [0.4, 0.5) is 0 Å². The van der Waals surface area contributed by atoms with Crippen LogP contribution in [0.1, 0.15) is 54.3 Å².